The van der Waals surface area contributed by atoms with E-state index in [4.69, 9.17) is 34.8 Å². The van der Waals surface area contributed by atoms with Gasteiger partial charge in [-0.25, -0.2) is 9.67 Å². The summed E-state index contributed by atoms with van der Waals surface area (Å²) in [6.45, 7) is 1.43. The molecule has 1 unspecified atom stereocenters. The van der Waals surface area contributed by atoms with Crippen molar-refractivity contribution in [3.05, 3.63) is 43.0 Å². The fraction of sp³-hybridized carbons (Fsp3) is 0.308. The molecule has 0 N–H and O–H groups in total. The molecule has 5 nitrogen and oxygen atoms in total. The van der Waals surface area contributed by atoms with Crippen LogP contribution in [-0.2, 0) is 4.79 Å². The van der Waals surface area contributed by atoms with Crippen LogP contribution in [0.1, 0.15) is 13.1 Å². The van der Waals surface area contributed by atoms with Gasteiger partial charge in [0.05, 0.1) is 5.88 Å². The Hall–Kier alpha value is -1.30. The molecule has 1 atom stereocenters. The van der Waals surface area contributed by atoms with Crippen LogP contribution in [0.25, 0.3) is 0 Å². The molecular weight excluding hydrogens is 335 g/mol. The zero-order valence-electron chi connectivity index (χ0n) is 11.2. The van der Waals surface area contributed by atoms with Crippen molar-refractivity contribution in [3.63, 3.8) is 0 Å². The van der Waals surface area contributed by atoms with Gasteiger partial charge in [-0.2, -0.15) is 5.10 Å². The summed E-state index contributed by atoms with van der Waals surface area (Å²) in [4.78, 5) is 17.5. The van der Waals surface area contributed by atoms with Gasteiger partial charge in [-0.1, -0.05) is 41.4 Å². The number of anilines is 1. The van der Waals surface area contributed by atoms with Gasteiger partial charge in [0.2, 0.25) is 5.91 Å². The molecule has 21 heavy (non-hydrogen) atoms. The molecule has 1 heterocycles. The minimum Gasteiger partial charge on any atom is -0.287 e. The van der Waals surface area contributed by atoms with Gasteiger partial charge in [0.15, 0.2) is 10.5 Å². The quantitative estimate of drug-likeness (QED) is 0.780. The van der Waals surface area contributed by atoms with Crippen molar-refractivity contribution < 1.29 is 4.79 Å². The Morgan fingerprint density at radius 3 is 2.52 bits per heavy atom. The Balaban J connectivity index is 2.54. The van der Waals surface area contributed by atoms with Crippen molar-refractivity contribution >= 4 is 46.4 Å². The summed E-state index contributed by atoms with van der Waals surface area (Å²) in [7, 11) is 0. The van der Waals surface area contributed by atoms with Crippen LogP contribution in [0.15, 0.2) is 43.0 Å². The maximum Gasteiger partial charge on any atom is 0.225 e. The summed E-state index contributed by atoms with van der Waals surface area (Å²) in [5.74, 6) is -0.324. The van der Waals surface area contributed by atoms with Crippen LogP contribution < -0.4 is 4.90 Å². The number of carbonyl (C=O) groups excluding carboxylic acids is 1. The van der Waals surface area contributed by atoms with Gasteiger partial charge in [-0.3, -0.25) is 9.69 Å². The Bertz CT molecular complexity index is 589. The van der Waals surface area contributed by atoms with E-state index < -0.39 is 10.5 Å². The number of para-hydroxylation sites is 1. The van der Waals surface area contributed by atoms with E-state index in [2.05, 4.69) is 10.1 Å². The highest BCUT2D eigenvalue weighted by Crippen LogP contribution is 2.39. The molecule has 1 aromatic carbocycles. The number of benzene rings is 1. The van der Waals surface area contributed by atoms with E-state index in [-0.39, 0.29) is 11.8 Å². The lowest BCUT2D eigenvalue weighted by atomic mass is 10.2. The molecule has 0 aliphatic rings. The topological polar surface area (TPSA) is 51.0 Å². The van der Waals surface area contributed by atoms with Crippen molar-refractivity contribution in [3.8, 4) is 0 Å². The molecule has 0 aliphatic heterocycles. The summed E-state index contributed by atoms with van der Waals surface area (Å²) in [5, 5.41) is 4.04. The minimum absolute atomic E-state index is 0.0861. The average Bonchev–Trinajstić information content (AvgIpc) is 2.98. The van der Waals surface area contributed by atoms with E-state index in [1.165, 1.54) is 29.2 Å². The first kappa shape index (κ1) is 16.1. The lowest BCUT2D eigenvalue weighted by Crippen LogP contribution is -2.47. The van der Waals surface area contributed by atoms with Crippen LogP contribution in [0, 0.1) is 0 Å². The second kappa shape index (κ2) is 6.64. The van der Waals surface area contributed by atoms with Crippen LogP contribution in [0.3, 0.4) is 0 Å². The highest BCUT2D eigenvalue weighted by atomic mass is 35.5. The highest BCUT2D eigenvalue weighted by Gasteiger charge is 2.42. The largest absolute Gasteiger partial charge is 0.287 e. The molecule has 112 valence electrons. The highest BCUT2D eigenvalue weighted by molar-refractivity contribution is 6.52. The minimum atomic E-state index is -1.43. The van der Waals surface area contributed by atoms with Gasteiger partial charge in [0.1, 0.15) is 12.7 Å². The summed E-state index contributed by atoms with van der Waals surface area (Å²) in [6, 6.07) is 9.04. The summed E-state index contributed by atoms with van der Waals surface area (Å²) >= 11 is 18.5. The van der Waals surface area contributed by atoms with Crippen molar-refractivity contribution in [2.24, 2.45) is 0 Å². The molecule has 1 aromatic heterocycles. The van der Waals surface area contributed by atoms with Gasteiger partial charge in [0.25, 0.3) is 0 Å². The molecule has 0 saturated carbocycles. The molecule has 8 heteroatoms. The van der Waals surface area contributed by atoms with Crippen LogP contribution in [0.4, 0.5) is 5.69 Å². The lowest BCUT2D eigenvalue weighted by molar-refractivity contribution is -0.117. The van der Waals surface area contributed by atoms with Crippen LogP contribution in [0.2, 0.25) is 0 Å². The molecule has 0 aliphatic carbocycles. The van der Waals surface area contributed by atoms with Crippen molar-refractivity contribution in [1.29, 1.82) is 0 Å². The second-order valence-corrected chi connectivity index (χ2v) is 6.18. The van der Waals surface area contributed by atoms with E-state index in [1.54, 1.807) is 12.1 Å². The number of aromatic nitrogens is 3. The summed E-state index contributed by atoms with van der Waals surface area (Å²) < 4.78 is -0.0203. The van der Waals surface area contributed by atoms with Gasteiger partial charge >= 0.3 is 0 Å². The number of hydrogen-bond acceptors (Lipinski definition) is 3. The van der Waals surface area contributed by atoms with Crippen molar-refractivity contribution in [1.82, 2.24) is 14.8 Å². The number of alkyl halides is 3. The molecule has 1 amide bonds. The SMILES string of the molecule is CC(=O)N(c1ccccc1)C(n1cncn1)C(Cl)(Cl)CCl. The first-order valence-corrected chi connectivity index (χ1v) is 7.39. The number of nitrogens with zero attached hydrogens (tertiary/aromatic N) is 4. The first-order chi connectivity index (χ1) is 9.97. The first-order valence-electron chi connectivity index (χ1n) is 6.10. The third-order valence-electron chi connectivity index (χ3n) is 2.86. The summed E-state index contributed by atoms with van der Waals surface area (Å²) in [6.07, 6.45) is 1.96. The molecule has 2 rings (SSSR count). The predicted molar refractivity (Wildman–Crippen MR) is 83.8 cm³/mol. The third-order valence-corrected chi connectivity index (χ3v) is 4.21. The molecule has 0 bridgehead atoms. The number of hydrogen-bond donors (Lipinski definition) is 0. The maximum absolute atomic E-state index is 12.1. The fourth-order valence-corrected chi connectivity index (χ4v) is 2.53. The van der Waals surface area contributed by atoms with Gasteiger partial charge < -0.3 is 0 Å². The van der Waals surface area contributed by atoms with E-state index >= 15 is 0 Å². The Kier molecular flexibility index (Phi) is 5.08. The number of amides is 1. The Morgan fingerprint density at radius 2 is 2.05 bits per heavy atom. The van der Waals surface area contributed by atoms with Gasteiger partial charge in [-0.05, 0) is 12.1 Å². The molecule has 2 aromatic rings. The standard InChI is InChI=1S/C13H13Cl3N4O/c1-10(21)20(11-5-3-2-4-6-11)12(13(15,16)7-14)19-9-17-8-18-19/h2-6,8-9,12H,7H2,1H3. The number of rotatable bonds is 5. The molecule has 0 saturated heterocycles. The molecule has 0 spiro atoms. The molecule has 0 fully saturated rings. The van der Waals surface area contributed by atoms with Crippen LogP contribution >= 0.6 is 34.8 Å². The number of halogens is 3. The zero-order chi connectivity index (χ0) is 15.5. The maximum atomic E-state index is 12.1. The van der Waals surface area contributed by atoms with Gasteiger partial charge in [0, 0.05) is 12.6 Å². The monoisotopic (exact) mass is 346 g/mol. The van der Waals surface area contributed by atoms with E-state index in [9.17, 15) is 4.79 Å². The second-order valence-electron chi connectivity index (χ2n) is 4.37. The van der Waals surface area contributed by atoms with Gasteiger partial charge in [-0.15, -0.1) is 11.6 Å². The Labute approximate surface area is 137 Å². The third kappa shape index (κ3) is 3.48. The smallest absolute Gasteiger partial charge is 0.225 e. The number of carbonyl (C=O) groups is 1. The van der Waals surface area contributed by atoms with E-state index in [0.29, 0.717) is 5.69 Å². The lowest BCUT2D eigenvalue weighted by Gasteiger charge is -2.37. The zero-order valence-corrected chi connectivity index (χ0v) is 13.4. The molecular formula is C13H13Cl3N4O. The average molecular weight is 348 g/mol. The van der Waals surface area contributed by atoms with Crippen LogP contribution in [-0.4, -0.2) is 30.9 Å². The molecule has 0 radical (unpaired) electrons. The van der Waals surface area contributed by atoms with E-state index in [1.807, 2.05) is 18.2 Å². The Morgan fingerprint density at radius 1 is 1.38 bits per heavy atom. The van der Waals surface area contributed by atoms with Crippen LogP contribution in [0.5, 0.6) is 0 Å². The predicted octanol–water partition coefficient (Wildman–Crippen LogP) is 3.24. The van der Waals surface area contributed by atoms with E-state index in [0.717, 1.165) is 0 Å². The van der Waals surface area contributed by atoms with Crippen molar-refractivity contribution in [2.75, 3.05) is 10.8 Å². The fourth-order valence-electron chi connectivity index (χ4n) is 2.00. The van der Waals surface area contributed by atoms with Crippen molar-refractivity contribution in [2.45, 2.75) is 17.4 Å². The summed E-state index contributed by atoms with van der Waals surface area (Å²) in [5.41, 5.74) is 0.640. The normalized spacial score (nSPS) is 13.0.